The van der Waals surface area contributed by atoms with Crippen LogP contribution < -0.4 is 0 Å². The molecule has 3 nitrogen and oxygen atoms in total. The summed E-state index contributed by atoms with van der Waals surface area (Å²) in [6, 6.07) is 31.7. The van der Waals surface area contributed by atoms with E-state index in [0.29, 0.717) is 13.2 Å². The normalized spacial score (nSPS) is 16.5. The van der Waals surface area contributed by atoms with Crippen molar-refractivity contribution in [3.8, 4) is 0 Å². The van der Waals surface area contributed by atoms with Gasteiger partial charge in [-0.05, 0) is 11.1 Å². The second-order valence-corrected chi connectivity index (χ2v) is 8.89. The predicted molar refractivity (Wildman–Crippen MR) is 126 cm³/mol. The van der Waals surface area contributed by atoms with E-state index in [0.717, 1.165) is 30.7 Å². The molecule has 0 saturated carbocycles. The summed E-state index contributed by atoms with van der Waals surface area (Å²) < 4.78 is 7.08. The quantitative estimate of drug-likeness (QED) is 0.471. The van der Waals surface area contributed by atoms with Crippen molar-refractivity contribution in [1.29, 1.82) is 0 Å². The first kappa shape index (κ1) is 21.8. The van der Waals surface area contributed by atoms with Gasteiger partial charge in [0.15, 0.2) is 0 Å². The van der Waals surface area contributed by atoms with E-state index in [9.17, 15) is 5.11 Å². The summed E-state index contributed by atoms with van der Waals surface area (Å²) in [5.41, 5.74) is 3.84. The number of aliphatic hydroxyl groups is 1. The summed E-state index contributed by atoms with van der Waals surface area (Å²) >= 11 is 0. The van der Waals surface area contributed by atoms with Gasteiger partial charge in [0.2, 0.25) is 0 Å². The fraction of sp³-hybridized carbons (Fsp3) is 0.357. The van der Waals surface area contributed by atoms with Crippen LogP contribution in [0.3, 0.4) is 0 Å². The number of hydrogen-bond donors (Lipinski definition) is 1. The third kappa shape index (κ3) is 6.04. The first-order valence-corrected chi connectivity index (χ1v) is 11.5. The van der Waals surface area contributed by atoms with Crippen LogP contribution in [-0.2, 0) is 11.3 Å². The van der Waals surface area contributed by atoms with E-state index in [1.807, 2.05) is 12.1 Å². The van der Waals surface area contributed by atoms with Crippen LogP contribution in [0.2, 0.25) is 0 Å². The Balaban J connectivity index is 1.36. The lowest BCUT2D eigenvalue weighted by atomic mass is 9.92. The highest BCUT2D eigenvalue weighted by atomic mass is 16.5. The fourth-order valence-corrected chi connectivity index (χ4v) is 4.96. The van der Waals surface area contributed by atoms with Crippen molar-refractivity contribution >= 4 is 0 Å². The first-order valence-electron chi connectivity index (χ1n) is 11.5. The highest BCUT2D eigenvalue weighted by Crippen LogP contribution is 2.26. The van der Waals surface area contributed by atoms with Gasteiger partial charge in [-0.1, -0.05) is 91.0 Å². The topological polar surface area (TPSA) is 29.5 Å². The highest BCUT2D eigenvalue weighted by Gasteiger charge is 2.34. The molecule has 3 aromatic carbocycles. The number of aliphatic hydroxyl groups excluding tert-OH is 1. The molecular weight excluding hydrogens is 382 g/mol. The van der Waals surface area contributed by atoms with Crippen molar-refractivity contribution in [2.24, 2.45) is 0 Å². The monoisotopic (exact) mass is 416 g/mol. The van der Waals surface area contributed by atoms with Crippen molar-refractivity contribution in [3.63, 3.8) is 0 Å². The molecular formula is C28H34NO2+. The zero-order valence-electron chi connectivity index (χ0n) is 18.3. The van der Waals surface area contributed by atoms with Gasteiger partial charge in [0.1, 0.15) is 19.2 Å². The van der Waals surface area contributed by atoms with Gasteiger partial charge in [-0.25, -0.2) is 0 Å². The van der Waals surface area contributed by atoms with E-state index in [-0.39, 0.29) is 5.92 Å². The first-order chi connectivity index (χ1) is 15.2. The maximum atomic E-state index is 10.9. The molecule has 162 valence electrons. The Morgan fingerprint density at radius 2 is 1.23 bits per heavy atom. The van der Waals surface area contributed by atoms with Crippen LogP contribution in [0.25, 0.3) is 0 Å². The minimum absolute atomic E-state index is 0.175. The van der Waals surface area contributed by atoms with Gasteiger partial charge in [0, 0.05) is 24.3 Å². The van der Waals surface area contributed by atoms with Gasteiger partial charge in [-0.3, -0.25) is 0 Å². The largest absolute Gasteiger partial charge is 0.385 e. The SMILES string of the molecule is O[C@@H](COCC(c1ccccc1)c1ccccc1)C[N+]1(Cc2ccccc2)CCCC1. The molecule has 1 fully saturated rings. The van der Waals surface area contributed by atoms with Crippen LogP contribution in [0.5, 0.6) is 0 Å². The van der Waals surface area contributed by atoms with Gasteiger partial charge < -0.3 is 14.3 Å². The Kier molecular flexibility index (Phi) is 7.52. The molecule has 0 unspecified atom stereocenters. The summed E-state index contributed by atoms with van der Waals surface area (Å²) in [6.45, 7) is 4.99. The van der Waals surface area contributed by atoms with Crippen molar-refractivity contribution < 1.29 is 14.3 Å². The van der Waals surface area contributed by atoms with Crippen molar-refractivity contribution in [1.82, 2.24) is 0 Å². The van der Waals surface area contributed by atoms with E-state index in [1.165, 1.54) is 29.5 Å². The van der Waals surface area contributed by atoms with E-state index >= 15 is 0 Å². The molecule has 3 heteroatoms. The lowest BCUT2D eigenvalue weighted by Crippen LogP contribution is -2.50. The molecule has 1 aliphatic heterocycles. The van der Waals surface area contributed by atoms with Gasteiger partial charge >= 0.3 is 0 Å². The number of quaternary nitrogens is 1. The smallest absolute Gasteiger partial charge is 0.126 e. The van der Waals surface area contributed by atoms with E-state index in [1.54, 1.807) is 0 Å². The predicted octanol–water partition coefficient (Wildman–Crippen LogP) is 5.01. The molecule has 0 spiro atoms. The summed E-state index contributed by atoms with van der Waals surface area (Å²) in [5.74, 6) is 0.175. The summed E-state index contributed by atoms with van der Waals surface area (Å²) in [6.07, 6.45) is 2.03. The van der Waals surface area contributed by atoms with Gasteiger partial charge in [-0.2, -0.15) is 0 Å². The molecule has 1 saturated heterocycles. The Labute approximate surface area is 186 Å². The summed E-state index contributed by atoms with van der Waals surface area (Å²) in [7, 11) is 0. The number of rotatable bonds is 10. The van der Waals surface area contributed by atoms with Crippen LogP contribution in [0.1, 0.15) is 35.4 Å². The Morgan fingerprint density at radius 3 is 1.77 bits per heavy atom. The third-order valence-corrected chi connectivity index (χ3v) is 6.47. The number of benzene rings is 3. The fourth-order valence-electron chi connectivity index (χ4n) is 4.96. The van der Waals surface area contributed by atoms with Crippen LogP contribution in [0.4, 0.5) is 0 Å². The molecule has 0 aromatic heterocycles. The maximum absolute atomic E-state index is 10.9. The average molecular weight is 417 g/mol. The van der Waals surface area contributed by atoms with Crippen LogP contribution in [0.15, 0.2) is 91.0 Å². The summed E-state index contributed by atoms with van der Waals surface area (Å²) in [4.78, 5) is 0. The molecule has 4 rings (SSSR count). The Morgan fingerprint density at radius 1 is 0.710 bits per heavy atom. The Bertz CT molecular complexity index is 853. The van der Waals surface area contributed by atoms with Gasteiger partial charge in [-0.15, -0.1) is 0 Å². The third-order valence-electron chi connectivity index (χ3n) is 6.47. The number of ether oxygens (including phenoxy) is 1. The molecule has 3 aromatic rings. The number of likely N-dealkylation sites (tertiary alicyclic amines) is 1. The lowest BCUT2D eigenvalue weighted by Gasteiger charge is -2.36. The lowest BCUT2D eigenvalue weighted by molar-refractivity contribution is -0.932. The zero-order valence-corrected chi connectivity index (χ0v) is 18.3. The molecule has 0 amide bonds. The molecule has 1 N–H and O–H groups in total. The van der Waals surface area contributed by atoms with Crippen molar-refractivity contribution in [2.75, 3.05) is 32.8 Å². The van der Waals surface area contributed by atoms with E-state index in [4.69, 9.17) is 4.74 Å². The number of nitrogens with zero attached hydrogens (tertiary/aromatic N) is 1. The molecule has 0 aliphatic carbocycles. The van der Waals surface area contributed by atoms with Crippen molar-refractivity contribution in [2.45, 2.75) is 31.4 Å². The summed E-state index contributed by atoms with van der Waals surface area (Å²) in [5, 5.41) is 10.9. The zero-order chi connectivity index (χ0) is 21.4. The highest BCUT2D eigenvalue weighted by molar-refractivity contribution is 5.32. The molecule has 0 bridgehead atoms. The van der Waals surface area contributed by atoms with Crippen LogP contribution >= 0.6 is 0 Å². The molecule has 1 atom stereocenters. The van der Waals surface area contributed by atoms with E-state index < -0.39 is 6.10 Å². The average Bonchev–Trinajstić information content (AvgIpc) is 3.26. The second kappa shape index (κ2) is 10.7. The number of hydrogen-bond acceptors (Lipinski definition) is 2. The van der Waals surface area contributed by atoms with Crippen molar-refractivity contribution in [3.05, 3.63) is 108 Å². The minimum atomic E-state index is -0.450. The van der Waals surface area contributed by atoms with Gasteiger partial charge in [0.05, 0.1) is 26.3 Å². The van der Waals surface area contributed by atoms with E-state index in [2.05, 4.69) is 78.9 Å². The second-order valence-electron chi connectivity index (χ2n) is 8.89. The molecule has 0 radical (unpaired) electrons. The maximum Gasteiger partial charge on any atom is 0.126 e. The van der Waals surface area contributed by atoms with Crippen LogP contribution in [-0.4, -0.2) is 48.5 Å². The molecule has 1 heterocycles. The standard InChI is InChI=1S/C28H34NO2/c30-27(21-29(18-10-11-19-29)20-24-12-4-1-5-13-24)22-31-23-28(25-14-6-2-7-15-25)26-16-8-3-9-17-26/h1-9,12-17,27-28,30H,10-11,18-23H2/q+1/t27-/m1/s1. The minimum Gasteiger partial charge on any atom is -0.385 e. The molecule has 31 heavy (non-hydrogen) atoms. The van der Waals surface area contributed by atoms with Gasteiger partial charge in [0.25, 0.3) is 0 Å². The molecule has 1 aliphatic rings. The van der Waals surface area contributed by atoms with Crippen LogP contribution in [0, 0.1) is 0 Å². The Hall–Kier alpha value is -2.46.